The van der Waals surface area contributed by atoms with Gasteiger partial charge in [-0.3, -0.25) is 4.79 Å². The van der Waals surface area contributed by atoms with E-state index in [1.165, 1.54) is 347 Å². The van der Waals surface area contributed by atoms with Crippen LogP contribution in [0.15, 0.2) is 24.3 Å². The molecule has 0 radical (unpaired) electrons. The average Bonchev–Trinajstić information content (AvgIpc) is 2.59. The van der Waals surface area contributed by atoms with Gasteiger partial charge in [0, 0.05) is 6.42 Å². The minimum absolute atomic E-state index is 0.177. The zero-order valence-corrected chi connectivity index (χ0v) is 57.4. The standard InChI is InChI=1S/C77H149NO8/c1-3-5-7-9-11-13-15-17-19-21-23-25-27-29-31-32-33-34-35-36-37-38-39-40-41-43-45-47-49-51-53-55-57-59-61-63-65-67-73(81)78-70(69-85-77-76(84)75(83)74(82)72(68-79)86-77)71(80)66-64-62-60-58-56-54-52-50-48-46-44-42-30-28-26-24-22-20-18-16-14-12-10-8-6-4-2/h56,58,64,66,70-72,74-77,79-80,82-84H,3-55,57,59-63,65,67-69H2,1-2H3,(H,78,81)/b58-56+,66-64+. The van der Waals surface area contributed by atoms with Gasteiger partial charge in [-0.25, -0.2) is 0 Å². The summed E-state index contributed by atoms with van der Waals surface area (Å²) < 4.78 is 11.3. The molecule has 0 aromatic carbocycles. The monoisotopic (exact) mass is 1220 g/mol. The lowest BCUT2D eigenvalue weighted by atomic mass is 9.99. The Morgan fingerprint density at radius 3 is 0.977 bits per heavy atom. The third-order valence-corrected chi connectivity index (χ3v) is 18.8. The number of aliphatic hydroxyl groups is 5. The second-order valence-electron chi connectivity index (χ2n) is 27.2. The number of amides is 1. The van der Waals surface area contributed by atoms with E-state index in [0.717, 1.165) is 38.5 Å². The summed E-state index contributed by atoms with van der Waals surface area (Å²) in [7, 11) is 0. The molecule has 7 unspecified atom stereocenters. The zero-order valence-electron chi connectivity index (χ0n) is 57.4. The van der Waals surface area contributed by atoms with Gasteiger partial charge in [0.05, 0.1) is 25.4 Å². The molecular formula is C77H149NO8. The first kappa shape index (κ1) is 82.7. The molecular weight excluding hydrogens is 1070 g/mol. The average molecular weight is 1220 g/mol. The molecule has 0 aromatic heterocycles. The molecule has 1 aliphatic rings. The summed E-state index contributed by atoms with van der Waals surface area (Å²) >= 11 is 0. The summed E-state index contributed by atoms with van der Waals surface area (Å²) in [5.74, 6) is -0.177. The smallest absolute Gasteiger partial charge is 0.220 e. The summed E-state index contributed by atoms with van der Waals surface area (Å²) in [6.45, 7) is 3.83. The number of allylic oxidation sites excluding steroid dienone is 3. The van der Waals surface area contributed by atoms with Crippen molar-refractivity contribution in [3.63, 3.8) is 0 Å². The lowest BCUT2D eigenvalue weighted by Crippen LogP contribution is -2.60. The van der Waals surface area contributed by atoms with E-state index in [4.69, 9.17) is 9.47 Å². The van der Waals surface area contributed by atoms with Crippen molar-refractivity contribution in [3.8, 4) is 0 Å². The van der Waals surface area contributed by atoms with Crippen molar-refractivity contribution in [1.82, 2.24) is 5.32 Å². The maximum atomic E-state index is 13.1. The highest BCUT2D eigenvalue weighted by atomic mass is 16.7. The number of unbranched alkanes of at least 4 members (excludes halogenated alkanes) is 57. The van der Waals surface area contributed by atoms with Crippen LogP contribution in [-0.2, 0) is 14.3 Å². The second kappa shape index (κ2) is 66.6. The minimum atomic E-state index is -1.57. The number of aliphatic hydroxyl groups excluding tert-OH is 5. The minimum Gasteiger partial charge on any atom is -0.394 e. The van der Waals surface area contributed by atoms with Crippen LogP contribution in [0.1, 0.15) is 406 Å². The molecule has 1 saturated heterocycles. The van der Waals surface area contributed by atoms with E-state index in [1.807, 2.05) is 6.08 Å². The molecule has 1 aliphatic heterocycles. The third kappa shape index (κ3) is 54.4. The van der Waals surface area contributed by atoms with Gasteiger partial charge in [0.1, 0.15) is 24.4 Å². The molecule has 0 saturated carbocycles. The number of hydrogen-bond donors (Lipinski definition) is 6. The molecule has 9 heteroatoms. The number of hydrogen-bond acceptors (Lipinski definition) is 8. The second-order valence-corrected chi connectivity index (χ2v) is 27.2. The van der Waals surface area contributed by atoms with Gasteiger partial charge < -0.3 is 40.3 Å². The summed E-state index contributed by atoms with van der Waals surface area (Å²) in [5.41, 5.74) is 0. The molecule has 1 amide bonds. The summed E-state index contributed by atoms with van der Waals surface area (Å²) in [5, 5.41) is 54.8. The lowest BCUT2D eigenvalue weighted by molar-refractivity contribution is -0.302. The number of carbonyl (C=O) groups excluding carboxylic acids is 1. The SMILES string of the molecule is CCCCCCCCCCCCCCCCCCCCCC/C=C/CC/C=C/C(O)C(COC1OC(CO)C(O)C(O)C1O)NC(=O)CCCCCCCCCCCCCCCCCCCCCCCCCCCCCCCCCCCCCCC. The van der Waals surface area contributed by atoms with Crippen LogP contribution in [0.4, 0.5) is 0 Å². The van der Waals surface area contributed by atoms with Gasteiger partial charge in [0.15, 0.2) is 6.29 Å². The van der Waals surface area contributed by atoms with E-state index in [9.17, 15) is 30.3 Å². The van der Waals surface area contributed by atoms with Crippen LogP contribution in [0.3, 0.4) is 0 Å². The molecule has 7 atom stereocenters. The third-order valence-electron chi connectivity index (χ3n) is 18.8. The van der Waals surface area contributed by atoms with E-state index in [2.05, 4.69) is 31.3 Å². The molecule has 1 fully saturated rings. The Bertz CT molecular complexity index is 1410. The number of ether oxygens (including phenoxy) is 2. The Kier molecular flexibility index (Phi) is 64.0. The maximum Gasteiger partial charge on any atom is 0.220 e. The van der Waals surface area contributed by atoms with Crippen molar-refractivity contribution >= 4 is 5.91 Å². The van der Waals surface area contributed by atoms with Gasteiger partial charge in [-0.2, -0.15) is 0 Å². The summed E-state index contributed by atoms with van der Waals surface area (Å²) in [4.78, 5) is 13.1. The Labute approximate surface area is 534 Å². The summed E-state index contributed by atoms with van der Waals surface area (Å²) in [6.07, 6.45) is 81.9. The van der Waals surface area contributed by atoms with Gasteiger partial charge in [-0.05, 0) is 32.1 Å². The highest BCUT2D eigenvalue weighted by Gasteiger charge is 2.44. The van der Waals surface area contributed by atoms with Gasteiger partial charge in [0.2, 0.25) is 5.91 Å². The Hall–Kier alpha value is -1.33. The highest BCUT2D eigenvalue weighted by molar-refractivity contribution is 5.76. The van der Waals surface area contributed by atoms with Gasteiger partial charge in [-0.15, -0.1) is 0 Å². The first-order chi connectivity index (χ1) is 42.3. The zero-order chi connectivity index (χ0) is 62.1. The Morgan fingerprint density at radius 1 is 0.384 bits per heavy atom. The normalized spacial score (nSPS) is 18.1. The van der Waals surface area contributed by atoms with Gasteiger partial charge in [-0.1, -0.05) is 391 Å². The topological polar surface area (TPSA) is 149 Å². The highest BCUT2D eigenvalue weighted by Crippen LogP contribution is 2.24. The van der Waals surface area contributed by atoms with Crippen LogP contribution in [0.5, 0.6) is 0 Å². The summed E-state index contributed by atoms with van der Waals surface area (Å²) in [6, 6.07) is -0.821. The van der Waals surface area contributed by atoms with Crippen LogP contribution in [0.25, 0.3) is 0 Å². The fourth-order valence-corrected chi connectivity index (χ4v) is 12.8. The van der Waals surface area contributed by atoms with E-state index < -0.39 is 49.5 Å². The fraction of sp³-hybridized carbons (Fsp3) is 0.935. The predicted octanol–water partition coefficient (Wildman–Crippen LogP) is 21.6. The van der Waals surface area contributed by atoms with E-state index >= 15 is 0 Å². The van der Waals surface area contributed by atoms with Gasteiger partial charge in [0.25, 0.3) is 0 Å². The van der Waals surface area contributed by atoms with Crippen LogP contribution < -0.4 is 5.32 Å². The number of carbonyl (C=O) groups is 1. The molecule has 6 N–H and O–H groups in total. The molecule has 9 nitrogen and oxygen atoms in total. The molecule has 0 bridgehead atoms. The van der Waals surface area contributed by atoms with Crippen molar-refractivity contribution < 1.29 is 39.8 Å². The van der Waals surface area contributed by atoms with E-state index in [1.54, 1.807) is 6.08 Å². The quantitative estimate of drug-likeness (QED) is 0.0261. The van der Waals surface area contributed by atoms with Crippen molar-refractivity contribution in [3.05, 3.63) is 24.3 Å². The first-order valence-corrected chi connectivity index (χ1v) is 38.6. The van der Waals surface area contributed by atoms with Crippen molar-refractivity contribution in [2.45, 2.75) is 448 Å². The van der Waals surface area contributed by atoms with Crippen LogP contribution in [0, 0.1) is 0 Å². The van der Waals surface area contributed by atoms with Crippen LogP contribution >= 0.6 is 0 Å². The van der Waals surface area contributed by atoms with Crippen molar-refractivity contribution in [2.24, 2.45) is 0 Å². The largest absolute Gasteiger partial charge is 0.394 e. The molecule has 0 aromatic rings. The maximum absolute atomic E-state index is 13.1. The van der Waals surface area contributed by atoms with Crippen molar-refractivity contribution in [1.29, 1.82) is 0 Å². The van der Waals surface area contributed by atoms with Crippen LogP contribution in [0.2, 0.25) is 0 Å². The molecule has 1 heterocycles. The van der Waals surface area contributed by atoms with Gasteiger partial charge >= 0.3 is 0 Å². The molecule has 0 aliphatic carbocycles. The predicted molar refractivity (Wildman–Crippen MR) is 369 cm³/mol. The van der Waals surface area contributed by atoms with Crippen molar-refractivity contribution in [2.75, 3.05) is 13.2 Å². The fourth-order valence-electron chi connectivity index (χ4n) is 12.8. The van der Waals surface area contributed by atoms with E-state index in [-0.39, 0.29) is 12.5 Å². The molecule has 1 rings (SSSR count). The molecule has 0 spiro atoms. The number of rotatable bonds is 69. The first-order valence-electron chi connectivity index (χ1n) is 38.6. The number of nitrogens with one attached hydrogen (secondary N) is 1. The van der Waals surface area contributed by atoms with E-state index in [0.29, 0.717) is 6.42 Å². The molecule has 86 heavy (non-hydrogen) atoms. The molecule has 510 valence electrons. The Morgan fingerprint density at radius 2 is 0.663 bits per heavy atom. The lowest BCUT2D eigenvalue weighted by Gasteiger charge is -2.40. The Balaban J connectivity index is 2.07. The van der Waals surface area contributed by atoms with Crippen LogP contribution in [-0.4, -0.2) is 87.5 Å².